The summed E-state index contributed by atoms with van der Waals surface area (Å²) in [4.78, 5) is 0. The molecule has 1 saturated carbocycles. The fourth-order valence-electron chi connectivity index (χ4n) is 2.27. The van der Waals surface area contributed by atoms with Gasteiger partial charge in [0.25, 0.3) is 0 Å². The van der Waals surface area contributed by atoms with Crippen LogP contribution in [0.2, 0.25) is 0 Å². The molecular formula is C13H17N5O. The first-order valence-corrected chi connectivity index (χ1v) is 6.52. The Morgan fingerprint density at radius 1 is 1.47 bits per heavy atom. The van der Waals surface area contributed by atoms with Gasteiger partial charge >= 0.3 is 0 Å². The molecule has 1 aliphatic carbocycles. The predicted octanol–water partition coefficient (Wildman–Crippen LogP) is 1.90. The molecule has 0 aliphatic heterocycles. The second-order valence-corrected chi connectivity index (χ2v) is 4.88. The highest BCUT2D eigenvalue weighted by molar-refractivity contribution is 5.73. The largest absolute Gasteiger partial charge is 0.491 e. The maximum absolute atomic E-state index is 5.98. The third kappa shape index (κ3) is 2.03. The van der Waals surface area contributed by atoms with Gasteiger partial charge in [-0.2, -0.15) is 0 Å². The molecule has 6 nitrogen and oxygen atoms in total. The third-order valence-electron chi connectivity index (χ3n) is 3.45. The number of hydrogen-bond acceptors (Lipinski definition) is 5. The molecule has 2 aromatic rings. The molecule has 1 heterocycles. The Morgan fingerprint density at radius 2 is 2.26 bits per heavy atom. The Hall–Kier alpha value is -2.11. The smallest absolute Gasteiger partial charge is 0.186 e. The molecule has 6 heteroatoms. The van der Waals surface area contributed by atoms with Crippen LogP contribution in [-0.4, -0.2) is 26.8 Å². The zero-order valence-electron chi connectivity index (χ0n) is 11.1. The van der Waals surface area contributed by atoms with Gasteiger partial charge in [0, 0.05) is 0 Å². The Morgan fingerprint density at radius 3 is 2.95 bits per heavy atom. The quantitative estimate of drug-likeness (QED) is 0.848. The summed E-state index contributed by atoms with van der Waals surface area (Å²) < 4.78 is 7.52. The zero-order valence-corrected chi connectivity index (χ0v) is 11.1. The van der Waals surface area contributed by atoms with Crippen LogP contribution < -0.4 is 10.5 Å². The first-order chi connectivity index (χ1) is 9.22. The molecule has 0 radical (unpaired) electrons. The normalized spacial score (nSPS) is 21.4. The van der Waals surface area contributed by atoms with Gasteiger partial charge in [-0.15, -0.1) is 5.10 Å². The van der Waals surface area contributed by atoms with E-state index in [1.807, 2.05) is 29.8 Å². The summed E-state index contributed by atoms with van der Waals surface area (Å²) in [5, 5.41) is 12.0. The molecule has 0 spiro atoms. The van der Waals surface area contributed by atoms with Crippen molar-refractivity contribution in [3.8, 4) is 17.1 Å². The van der Waals surface area contributed by atoms with Gasteiger partial charge in [-0.1, -0.05) is 13.0 Å². The zero-order chi connectivity index (χ0) is 13.4. The first kappa shape index (κ1) is 12.0. The van der Waals surface area contributed by atoms with Crippen LogP contribution in [0.1, 0.15) is 26.3 Å². The maximum atomic E-state index is 5.98. The average molecular weight is 259 g/mol. The van der Waals surface area contributed by atoms with Crippen molar-refractivity contribution in [1.29, 1.82) is 0 Å². The molecule has 2 unspecified atom stereocenters. The molecule has 19 heavy (non-hydrogen) atoms. The van der Waals surface area contributed by atoms with E-state index in [0.29, 0.717) is 30.0 Å². The van der Waals surface area contributed by atoms with Crippen LogP contribution in [0.25, 0.3) is 11.4 Å². The number of ether oxygens (including phenoxy) is 1. The lowest BCUT2D eigenvalue weighted by atomic mass is 10.1. The summed E-state index contributed by atoms with van der Waals surface area (Å²) in [5.41, 5.74) is 7.44. The number of nitrogens with two attached hydrogens (primary N) is 1. The molecule has 0 bridgehead atoms. The van der Waals surface area contributed by atoms with E-state index in [2.05, 4.69) is 22.4 Å². The lowest BCUT2D eigenvalue weighted by molar-refractivity contribution is 0.343. The van der Waals surface area contributed by atoms with Crippen LogP contribution in [0, 0.1) is 5.92 Å². The topological polar surface area (TPSA) is 78.8 Å². The number of aromatic nitrogens is 4. The van der Waals surface area contributed by atoms with Crippen molar-refractivity contribution < 1.29 is 4.74 Å². The number of rotatable bonds is 4. The van der Waals surface area contributed by atoms with E-state index in [4.69, 9.17) is 10.5 Å². The maximum Gasteiger partial charge on any atom is 0.186 e. The Balaban J connectivity index is 2.07. The van der Waals surface area contributed by atoms with Crippen LogP contribution >= 0.6 is 0 Å². The fourth-order valence-corrected chi connectivity index (χ4v) is 2.27. The molecule has 1 fully saturated rings. The number of para-hydroxylation sites is 1. The van der Waals surface area contributed by atoms with Crippen LogP contribution in [0.4, 0.5) is 5.69 Å². The van der Waals surface area contributed by atoms with Crippen LogP contribution in [0.15, 0.2) is 18.2 Å². The van der Waals surface area contributed by atoms with Gasteiger partial charge in [0.2, 0.25) is 0 Å². The van der Waals surface area contributed by atoms with Gasteiger partial charge < -0.3 is 10.5 Å². The van der Waals surface area contributed by atoms with Gasteiger partial charge in [-0.05, 0) is 41.8 Å². The van der Waals surface area contributed by atoms with Gasteiger partial charge in [0.15, 0.2) is 11.6 Å². The highest BCUT2D eigenvalue weighted by atomic mass is 16.5. The minimum atomic E-state index is 0.390. The molecule has 1 aliphatic rings. The van der Waals surface area contributed by atoms with Crippen molar-refractivity contribution in [2.45, 2.75) is 26.3 Å². The van der Waals surface area contributed by atoms with E-state index in [0.717, 1.165) is 17.8 Å². The summed E-state index contributed by atoms with van der Waals surface area (Å²) >= 11 is 0. The second-order valence-electron chi connectivity index (χ2n) is 4.88. The fraction of sp³-hybridized carbons (Fsp3) is 0.462. The lowest BCUT2D eigenvalue weighted by Crippen LogP contribution is -2.04. The summed E-state index contributed by atoms with van der Waals surface area (Å²) in [6.45, 7) is 4.68. The summed E-state index contributed by atoms with van der Waals surface area (Å²) in [7, 11) is 0. The average Bonchev–Trinajstić information content (AvgIpc) is 2.93. The molecule has 2 N–H and O–H groups in total. The number of benzene rings is 1. The number of nitrogen functional groups attached to an aromatic ring is 1. The van der Waals surface area contributed by atoms with E-state index in [1.165, 1.54) is 0 Å². The van der Waals surface area contributed by atoms with E-state index in [9.17, 15) is 0 Å². The number of nitrogens with zero attached hydrogens (tertiary/aromatic N) is 4. The van der Waals surface area contributed by atoms with Crippen molar-refractivity contribution in [3.63, 3.8) is 0 Å². The predicted molar refractivity (Wildman–Crippen MR) is 71.7 cm³/mol. The van der Waals surface area contributed by atoms with Gasteiger partial charge in [0.1, 0.15) is 0 Å². The second kappa shape index (κ2) is 4.53. The highest BCUT2D eigenvalue weighted by Gasteiger charge is 2.37. The summed E-state index contributed by atoms with van der Waals surface area (Å²) in [5.74, 6) is 2.01. The molecule has 0 saturated heterocycles. The first-order valence-electron chi connectivity index (χ1n) is 6.52. The monoisotopic (exact) mass is 259 g/mol. The van der Waals surface area contributed by atoms with E-state index in [-0.39, 0.29) is 0 Å². The van der Waals surface area contributed by atoms with E-state index < -0.39 is 0 Å². The summed E-state index contributed by atoms with van der Waals surface area (Å²) in [6.07, 6.45) is 1.12. The van der Waals surface area contributed by atoms with Crippen molar-refractivity contribution in [1.82, 2.24) is 20.2 Å². The van der Waals surface area contributed by atoms with Gasteiger partial charge in [-0.25, -0.2) is 4.68 Å². The van der Waals surface area contributed by atoms with Crippen molar-refractivity contribution in [2.75, 3.05) is 12.3 Å². The van der Waals surface area contributed by atoms with E-state index >= 15 is 0 Å². The van der Waals surface area contributed by atoms with Gasteiger partial charge in [0.05, 0.1) is 23.9 Å². The Labute approximate surface area is 111 Å². The molecule has 0 amide bonds. The van der Waals surface area contributed by atoms with E-state index in [1.54, 1.807) is 0 Å². The van der Waals surface area contributed by atoms with Crippen LogP contribution in [0.5, 0.6) is 5.75 Å². The molecule has 1 aromatic heterocycles. The number of hydrogen-bond donors (Lipinski definition) is 1. The minimum Gasteiger partial charge on any atom is -0.491 e. The lowest BCUT2D eigenvalue weighted by Gasteiger charge is -2.12. The highest BCUT2D eigenvalue weighted by Crippen LogP contribution is 2.45. The molecule has 100 valence electrons. The van der Waals surface area contributed by atoms with Crippen molar-refractivity contribution in [3.05, 3.63) is 18.2 Å². The Kier molecular flexibility index (Phi) is 2.85. The molecule has 1 aromatic carbocycles. The van der Waals surface area contributed by atoms with Crippen LogP contribution in [-0.2, 0) is 0 Å². The Bertz CT molecular complexity index is 594. The van der Waals surface area contributed by atoms with Crippen molar-refractivity contribution >= 4 is 5.69 Å². The van der Waals surface area contributed by atoms with Gasteiger partial charge in [-0.3, -0.25) is 0 Å². The number of anilines is 1. The van der Waals surface area contributed by atoms with Crippen molar-refractivity contribution in [2.24, 2.45) is 5.92 Å². The van der Waals surface area contributed by atoms with Crippen LogP contribution in [0.3, 0.4) is 0 Å². The molecule has 2 atom stereocenters. The molecule has 3 rings (SSSR count). The third-order valence-corrected chi connectivity index (χ3v) is 3.45. The number of tetrazole rings is 1. The molecular weight excluding hydrogens is 242 g/mol. The summed E-state index contributed by atoms with van der Waals surface area (Å²) in [6, 6.07) is 6.04. The SMILES string of the molecule is CCOc1c(N)cccc1-c1nnnn1C1CC1C. The standard InChI is InChI=1S/C13H17N5O/c1-3-19-12-9(5-4-6-10(12)14)13-15-16-17-18(13)11-7-8(11)2/h4-6,8,11H,3,7,14H2,1-2H3. The minimum absolute atomic E-state index is 0.390.